The Hall–Kier alpha value is -3.09. The van der Waals surface area contributed by atoms with E-state index in [2.05, 4.69) is 20.4 Å². The maximum Gasteiger partial charge on any atom is 0.222 e. The molecule has 0 spiro atoms. The van der Waals surface area contributed by atoms with Crippen LogP contribution < -0.4 is 5.32 Å². The monoisotopic (exact) mass is 348 g/mol. The molecule has 1 amide bonds. The zero-order valence-electron chi connectivity index (χ0n) is 14.4. The Morgan fingerprint density at radius 2 is 2.15 bits per heavy atom. The minimum atomic E-state index is -0.0215. The van der Waals surface area contributed by atoms with Crippen LogP contribution in [0.2, 0.25) is 0 Å². The molecule has 1 aliphatic carbocycles. The third kappa shape index (κ3) is 3.61. The molecule has 0 saturated carbocycles. The molecule has 1 N–H and O–H groups in total. The molecule has 132 valence electrons. The second kappa shape index (κ2) is 7.43. The maximum absolute atomic E-state index is 12.3. The van der Waals surface area contributed by atoms with Crippen LogP contribution in [0.15, 0.2) is 49.2 Å². The van der Waals surface area contributed by atoms with Gasteiger partial charge in [0.15, 0.2) is 5.82 Å². The molecule has 1 aromatic carbocycles. The lowest BCUT2D eigenvalue weighted by molar-refractivity contribution is -0.122. The zero-order chi connectivity index (χ0) is 17.8. The third-order valence-corrected chi connectivity index (χ3v) is 4.58. The van der Waals surface area contributed by atoms with Gasteiger partial charge < -0.3 is 5.32 Å². The highest BCUT2D eigenvalue weighted by Gasteiger charge is 2.24. The first kappa shape index (κ1) is 16.4. The third-order valence-electron chi connectivity index (χ3n) is 4.58. The van der Waals surface area contributed by atoms with Crippen LogP contribution in [0, 0.1) is 0 Å². The number of fused-ring (bicyclic) bond motifs is 1. The van der Waals surface area contributed by atoms with Gasteiger partial charge in [0.05, 0.1) is 12.6 Å². The molecule has 7 heteroatoms. The first-order chi connectivity index (χ1) is 12.8. The molecule has 0 aliphatic heterocycles. The van der Waals surface area contributed by atoms with Gasteiger partial charge in [0.25, 0.3) is 0 Å². The molecule has 2 aromatic heterocycles. The number of nitrogens with one attached hydrogen (secondary N) is 1. The van der Waals surface area contributed by atoms with Crippen molar-refractivity contribution in [1.82, 2.24) is 30.0 Å². The summed E-state index contributed by atoms with van der Waals surface area (Å²) in [7, 11) is 0. The summed E-state index contributed by atoms with van der Waals surface area (Å²) < 4.78 is 1.66. The highest BCUT2D eigenvalue weighted by atomic mass is 16.1. The number of carbonyl (C=O) groups excluding carboxylic acids is 1. The summed E-state index contributed by atoms with van der Waals surface area (Å²) in [5.41, 5.74) is 3.08. The second-order valence-electron chi connectivity index (χ2n) is 6.38. The second-order valence-corrected chi connectivity index (χ2v) is 6.38. The number of rotatable bonds is 5. The van der Waals surface area contributed by atoms with Gasteiger partial charge in [0.2, 0.25) is 5.91 Å². The van der Waals surface area contributed by atoms with Crippen LogP contribution in [-0.2, 0) is 17.8 Å². The molecule has 0 radical (unpaired) electrons. The predicted octanol–water partition coefficient (Wildman–Crippen LogP) is 2.32. The Morgan fingerprint density at radius 1 is 1.27 bits per heavy atom. The van der Waals surface area contributed by atoms with Gasteiger partial charge in [-0.2, -0.15) is 5.10 Å². The van der Waals surface area contributed by atoms with E-state index in [0.717, 1.165) is 41.9 Å². The van der Waals surface area contributed by atoms with Gasteiger partial charge >= 0.3 is 0 Å². The molecule has 26 heavy (non-hydrogen) atoms. The summed E-state index contributed by atoms with van der Waals surface area (Å²) in [5, 5.41) is 7.13. The van der Waals surface area contributed by atoms with E-state index in [1.165, 1.54) is 6.33 Å². The van der Waals surface area contributed by atoms with Crippen molar-refractivity contribution in [2.45, 2.75) is 38.3 Å². The van der Waals surface area contributed by atoms with Gasteiger partial charge in [-0.25, -0.2) is 15.0 Å². The number of amides is 1. The molecule has 2 heterocycles. The average molecular weight is 348 g/mol. The molecule has 0 bridgehead atoms. The zero-order valence-corrected chi connectivity index (χ0v) is 14.4. The van der Waals surface area contributed by atoms with Crippen molar-refractivity contribution in [3.63, 3.8) is 0 Å². The summed E-state index contributed by atoms with van der Waals surface area (Å²) in [5.74, 6) is 0.744. The lowest BCUT2D eigenvalue weighted by Gasteiger charge is -2.25. The van der Waals surface area contributed by atoms with Crippen LogP contribution in [0.3, 0.4) is 0 Å². The Balaban J connectivity index is 1.46. The molecule has 0 fully saturated rings. The van der Waals surface area contributed by atoms with Crippen molar-refractivity contribution in [3.8, 4) is 11.4 Å². The minimum Gasteiger partial charge on any atom is -0.349 e. The van der Waals surface area contributed by atoms with Gasteiger partial charge in [-0.05, 0) is 19.3 Å². The summed E-state index contributed by atoms with van der Waals surface area (Å²) >= 11 is 0. The number of carbonyl (C=O) groups is 1. The van der Waals surface area contributed by atoms with E-state index in [4.69, 9.17) is 4.98 Å². The highest BCUT2D eigenvalue weighted by molar-refractivity contribution is 5.76. The lowest BCUT2D eigenvalue weighted by atomic mass is 9.92. The smallest absolute Gasteiger partial charge is 0.222 e. The van der Waals surface area contributed by atoms with Crippen molar-refractivity contribution in [3.05, 3.63) is 60.4 Å². The van der Waals surface area contributed by atoms with Gasteiger partial charge in [0.1, 0.15) is 12.7 Å². The van der Waals surface area contributed by atoms with Crippen molar-refractivity contribution in [2.24, 2.45) is 0 Å². The number of aromatic nitrogens is 5. The number of hydrogen-bond donors (Lipinski definition) is 1. The summed E-state index contributed by atoms with van der Waals surface area (Å²) in [6, 6.07) is 9.94. The fraction of sp³-hybridized carbons (Fsp3) is 0.316. The lowest BCUT2D eigenvalue weighted by Crippen LogP contribution is -2.32. The Bertz CT molecular complexity index is 878. The van der Waals surface area contributed by atoms with Crippen molar-refractivity contribution >= 4 is 5.91 Å². The first-order valence-corrected chi connectivity index (χ1v) is 8.82. The maximum atomic E-state index is 12.3. The van der Waals surface area contributed by atoms with Gasteiger partial charge in [0, 0.05) is 29.4 Å². The number of hydrogen-bond acceptors (Lipinski definition) is 5. The van der Waals surface area contributed by atoms with Crippen molar-refractivity contribution < 1.29 is 4.79 Å². The van der Waals surface area contributed by atoms with E-state index < -0.39 is 0 Å². The number of aryl methyl sites for hydroxylation is 2. The molecule has 4 rings (SSSR count). The predicted molar refractivity (Wildman–Crippen MR) is 95.9 cm³/mol. The average Bonchev–Trinajstić information content (AvgIpc) is 3.21. The van der Waals surface area contributed by atoms with Crippen molar-refractivity contribution in [1.29, 1.82) is 0 Å². The normalized spacial score (nSPS) is 16.1. The Labute approximate surface area is 151 Å². The fourth-order valence-corrected chi connectivity index (χ4v) is 3.25. The van der Waals surface area contributed by atoms with Crippen LogP contribution in [-0.4, -0.2) is 30.6 Å². The highest BCUT2D eigenvalue weighted by Crippen LogP contribution is 2.29. The van der Waals surface area contributed by atoms with E-state index in [0.29, 0.717) is 13.0 Å². The largest absolute Gasteiger partial charge is 0.349 e. The number of nitrogens with zero attached hydrogens (tertiary/aromatic N) is 5. The van der Waals surface area contributed by atoms with E-state index >= 15 is 0 Å². The quantitative estimate of drug-likeness (QED) is 0.765. The molecular weight excluding hydrogens is 328 g/mol. The molecule has 3 aromatic rings. The summed E-state index contributed by atoms with van der Waals surface area (Å²) in [6.07, 6.45) is 8.16. The topological polar surface area (TPSA) is 85.6 Å². The fourth-order valence-electron chi connectivity index (χ4n) is 3.25. The standard InChI is InChI=1S/C19H20N6O/c26-18(9-10-25-13-20-12-22-25)23-16-7-4-8-17-15(16)11-21-19(24-17)14-5-2-1-3-6-14/h1-3,5-6,11-13,16H,4,7-10H2,(H,23,26). The molecule has 0 saturated heterocycles. The summed E-state index contributed by atoms with van der Waals surface area (Å²) in [4.78, 5) is 25.4. The van der Waals surface area contributed by atoms with Gasteiger partial charge in [-0.3, -0.25) is 9.48 Å². The van der Waals surface area contributed by atoms with E-state index in [-0.39, 0.29) is 11.9 Å². The van der Waals surface area contributed by atoms with Crippen LogP contribution in [0.5, 0.6) is 0 Å². The van der Waals surface area contributed by atoms with Crippen LogP contribution in [0.25, 0.3) is 11.4 Å². The van der Waals surface area contributed by atoms with E-state index in [1.54, 1.807) is 11.0 Å². The molecular formula is C19H20N6O. The SMILES string of the molecule is O=C(CCn1cncn1)NC1CCCc2nc(-c3ccccc3)ncc21. The molecule has 1 aliphatic rings. The van der Waals surface area contributed by atoms with Crippen LogP contribution >= 0.6 is 0 Å². The van der Waals surface area contributed by atoms with Crippen LogP contribution in [0.4, 0.5) is 0 Å². The van der Waals surface area contributed by atoms with Crippen molar-refractivity contribution in [2.75, 3.05) is 0 Å². The van der Waals surface area contributed by atoms with Gasteiger partial charge in [-0.15, -0.1) is 0 Å². The van der Waals surface area contributed by atoms with Crippen LogP contribution in [0.1, 0.15) is 36.6 Å². The Morgan fingerprint density at radius 3 is 2.96 bits per heavy atom. The summed E-state index contributed by atoms with van der Waals surface area (Å²) in [6.45, 7) is 0.523. The molecule has 7 nitrogen and oxygen atoms in total. The minimum absolute atomic E-state index is 0.00508. The number of benzene rings is 1. The van der Waals surface area contributed by atoms with E-state index in [9.17, 15) is 4.79 Å². The Kier molecular flexibility index (Phi) is 4.68. The molecule has 1 atom stereocenters. The van der Waals surface area contributed by atoms with Gasteiger partial charge in [-0.1, -0.05) is 30.3 Å². The molecule has 1 unspecified atom stereocenters. The first-order valence-electron chi connectivity index (χ1n) is 8.82. The van der Waals surface area contributed by atoms with E-state index in [1.807, 2.05) is 36.5 Å².